The second kappa shape index (κ2) is 19.0. The van der Waals surface area contributed by atoms with Gasteiger partial charge in [0.1, 0.15) is 11.5 Å². The van der Waals surface area contributed by atoms with Crippen LogP contribution < -0.4 is 21.1 Å². The number of benzene rings is 2. The van der Waals surface area contributed by atoms with E-state index in [-0.39, 0.29) is 12.0 Å². The molecule has 6 nitrogen and oxygen atoms in total. The number of hydrogen-bond acceptors (Lipinski definition) is 6. The van der Waals surface area contributed by atoms with Crippen LogP contribution in [0.3, 0.4) is 0 Å². The Balaban J connectivity index is 0.00000308. The lowest BCUT2D eigenvalue weighted by Crippen LogP contribution is -2.33. The van der Waals surface area contributed by atoms with E-state index in [9.17, 15) is 0 Å². The summed E-state index contributed by atoms with van der Waals surface area (Å²) in [5.41, 5.74) is 8.74. The van der Waals surface area contributed by atoms with Gasteiger partial charge >= 0.3 is 0 Å². The predicted molar refractivity (Wildman–Crippen MR) is 159 cm³/mol. The van der Waals surface area contributed by atoms with Crippen molar-refractivity contribution in [1.82, 2.24) is 5.01 Å². The van der Waals surface area contributed by atoms with Crippen LogP contribution >= 0.6 is 23.2 Å². The number of aliphatic hydroxyl groups is 1. The molecule has 37 heavy (non-hydrogen) atoms. The van der Waals surface area contributed by atoms with Gasteiger partial charge in [-0.15, -0.1) is 11.6 Å². The maximum absolute atomic E-state index is 9.09. The van der Waals surface area contributed by atoms with Gasteiger partial charge in [-0.3, -0.25) is 0 Å². The number of ether oxygens (including phenoxy) is 2. The summed E-state index contributed by atoms with van der Waals surface area (Å²) in [7, 11) is 0. The molecule has 0 radical (unpaired) electrons. The van der Waals surface area contributed by atoms with Crippen LogP contribution in [0, 0.1) is 0 Å². The molecule has 0 aromatic heterocycles. The van der Waals surface area contributed by atoms with Crippen LogP contribution in [0.25, 0.3) is 0 Å². The summed E-state index contributed by atoms with van der Waals surface area (Å²) >= 11 is 12.2. The van der Waals surface area contributed by atoms with E-state index in [1.165, 1.54) is 5.01 Å². The molecule has 0 aliphatic carbocycles. The third kappa shape index (κ3) is 11.4. The number of allylic oxidation sites excluding steroid dienone is 1. The molecule has 0 fully saturated rings. The van der Waals surface area contributed by atoms with Crippen molar-refractivity contribution in [3.8, 4) is 11.5 Å². The molecular weight excluding hydrogens is 509 g/mol. The van der Waals surface area contributed by atoms with Crippen LogP contribution in [0.4, 0.5) is 0 Å². The van der Waals surface area contributed by atoms with Gasteiger partial charge < -0.3 is 25.3 Å². The monoisotopic (exact) mass is 555 g/mol. The fourth-order valence-electron chi connectivity index (χ4n) is 3.27. The molecule has 210 valence electrons. The lowest BCUT2D eigenvalue weighted by molar-refractivity contribution is 0.264. The highest BCUT2D eigenvalue weighted by Gasteiger charge is 2.24. The molecular formula is C29H47Cl2N3O3. The van der Waals surface area contributed by atoms with Crippen molar-refractivity contribution < 1.29 is 14.6 Å². The van der Waals surface area contributed by atoms with Crippen molar-refractivity contribution in [2.75, 3.05) is 32.2 Å². The molecule has 2 aromatic carbocycles. The largest absolute Gasteiger partial charge is 0.494 e. The molecule has 0 atom stereocenters. The fourth-order valence-corrected chi connectivity index (χ4v) is 3.61. The van der Waals surface area contributed by atoms with E-state index >= 15 is 0 Å². The molecule has 2 aromatic rings. The summed E-state index contributed by atoms with van der Waals surface area (Å²) in [5.74, 6) is 7.98. The Morgan fingerprint density at radius 2 is 1.51 bits per heavy atom. The van der Waals surface area contributed by atoms with E-state index in [1.54, 1.807) is 6.92 Å². The quantitative estimate of drug-likeness (QED) is 0.108. The number of alkyl halides is 1. The zero-order valence-corrected chi connectivity index (χ0v) is 25.1. The third-order valence-electron chi connectivity index (χ3n) is 5.64. The summed E-state index contributed by atoms with van der Waals surface area (Å²) in [6.07, 6.45) is 1.50. The Bertz CT molecular complexity index is 919. The highest BCUT2D eigenvalue weighted by atomic mass is 35.5. The zero-order valence-electron chi connectivity index (χ0n) is 23.6. The minimum Gasteiger partial charge on any atom is -0.494 e. The number of rotatable bonds is 13. The van der Waals surface area contributed by atoms with Crippen molar-refractivity contribution in [2.24, 2.45) is 11.6 Å². The fraction of sp³-hybridized carbons (Fsp3) is 0.517. The van der Waals surface area contributed by atoms with Crippen LogP contribution in [-0.4, -0.2) is 42.4 Å². The second-order valence-electron chi connectivity index (χ2n) is 8.35. The molecule has 0 spiro atoms. The summed E-state index contributed by atoms with van der Waals surface area (Å²) < 4.78 is 11.5. The van der Waals surface area contributed by atoms with E-state index in [4.69, 9.17) is 49.4 Å². The Morgan fingerprint density at radius 1 is 0.946 bits per heavy atom. The number of nitrogens with zero attached hydrogens (tertiary/aromatic N) is 1. The Kier molecular flexibility index (Phi) is 17.9. The number of aliphatic hydroxyl groups excluding tert-OH is 1. The van der Waals surface area contributed by atoms with Crippen molar-refractivity contribution in [3.05, 3.63) is 70.0 Å². The number of hydrogen-bond donors (Lipinski definition) is 3. The molecule has 2 rings (SSSR count). The highest BCUT2D eigenvalue weighted by molar-refractivity contribution is 6.32. The van der Waals surface area contributed by atoms with E-state index in [2.05, 4.69) is 26.0 Å². The van der Waals surface area contributed by atoms with E-state index in [1.807, 2.05) is 58.0 Å². The first-order valence-electron chi connectivity index (χ1n) is 13.0. The topological polar surface area (TPSA) is 94.0 Å². The van der Waals surface area contributed by atoms with Gasteiger partial charge in [0.15, 0.2) is 0 Å². The van der Waals surface area contributed by atoms with Crippen molar-refractivity contribution in [1.29, 1.82) is 0 Å². The van der Waals surface area contributed by atoms with Gasteiger partial charge in [-0.2, -0.15) is 0 Å². The van der Waals surface area contributed by atoms with Gasteiger partial charge in [0, 0.05) is 30.0 Å². The molecule has 0 unspecified atom stereocenters. The summed E-state index contributed by atoms with van der Waals surface area (Å²) in [5, 5.41) is 11.2. The Morgan fingerprint density at radius 3 is 2.05 bits per heavy atom. The molecule has 5 N–H and O–H groups in total. The smallest absolute Gasteiger partial charge is 0.137 e. The Hall–Kier alpha value is -2.12. The summed E-state index contributed by atoms with van der Waals surface area (Å²) in [6, 6.07) is 14.0. The number of halogens is 2. The molecule has 0 bridgehead atoms. The molecule has 0 saturated heterocycles. The van der Waals surface area contributed by atoms with Crippen LogP contribution in [0.5, 0.6) is 11.5 Å². The number of hydrazine groups is 1. The van der Waals surface area contributed by atoms with E-state index < -0.39 is 0 Å². The molecule has 0 heterocycles. The lowest BCUT2D eigenvalue weighted by Gasteiger charge is -2.27. The first-order chi connectivity index (χ1) is 17.7. The number of nitrogens with two attached hydrogens (primary N) is 2. The normalized spacial score (nSPS) is 11.3. The third-order valence-corrected chi connectivity index (χ3v) is 6.21. The van der Waals surface area contributed by atoms with Gasteiger partial charge in [-0.05, 0) is 48.7 Å². The second-order valence-corrected chi connectivity index (χ2v) is 9.13. The molecule has 0 aliphatic rings. The molecule has 8 heteroatoms. The summed E-state index contributed by atoms with van der Waals surface area (Å²) in [6.45, 7) is 15.5. The van der Waals surface area contributed by atoms with Gasteiger partial charge in [-0.25, -0.2) is 5.84 Å². The SMILES string of the molecule is C/C(=C(/N)CO)N(N)CCCOc1ccc(C(C)(C)c2ccc(OCCCCl)c(Cl)c2)cc1.CC.CC. The molecule has 0 saturated carbocycles. The van der Waals surface area contributed by atoms with E-state index in [0.29, 0.717) is 47.8 Å². The minimum atomic E-state index is -0.243. The van der Waals surface area contributed by atoms with Crippen molar-refractivity contribution in [2.45, 2.75) is 66.7 Å². The predicted octanol–water partition coefficient (Wildman–Crippen LogP) is 6.85. The van der Waals surface area contributed by atoms with Gasteiger partial charge in [0.2, 0.25) is 0 Å². The van der Waals surface area contributed by atoms with Gasteiger partial charge in [0.25, 0.3) is 0 Å². The highest BCUT2D eigenvalue weighted by Crippen LogP contribution is 2.36. The Labute approximate surface area is 234 Å². The zero-order chi connectivity index (χ0) is 28.4. The maximum Gasteiger partial charge on any atom is 0.137 e. The van der Waals surface area contributed by atoms with Crippen LogP contribution in [0.15, 0.2) is 53.9 Å². The molecule has 0 amide bonds. The molecule has 0 aliphatic heterocycles. The lowest BCUT2D eigenvalue weighted by atomic mass is 9.78. The average Bonchev–Trinajstić information content (AvgIpc) is 2.93. The van der Waals surface area contributed by atoms with Crippen LogP contribution in [-0.2, 0) is 5.41 Å². The van der Waals surface area contributed by atoms with E-state index in [0.717, 1.165) is 29.7 Å². The first kappa shape index (κ1) is 34.9. The van der Waals surface area contributed by atoms with Gasteiger partial charge in [0.05, 0.1) is 30.5 Å². The van der Waals surface area contributed by atoms with Crippen LogP contribution in [0.2, 0.25) is 5.02 Å². The van der Waals surface area contributed by atoms with Crippen molar-refractivity contribution in [3.63, 3.8) is 0 Å². The minimum absolute atomic E-state index is 0.211. The summed E-state index contributed by atoms with van der Waals surface area (Å²) in [4.78, 5) is 0. The maximum atomic E-state index is 9.09. The standard InChI is InChI=1S/C25H35Cl2N3O3.2C2H6/c1-18(23(28)17-31)30(29)13-5-15-32-21-9-6-19(7-10-21)25(2,3)20-8-11-24(22(27)16-20)33-14-4-12-26;2*1-2/h6-11,16,31H,4-5,12-15,17,28-29H2,1-3H3;2*1-2H3/b23-18-;;. The first-order valence-corrected chi connectivity index (χ1v) is 13.9. The average molecular weight is 557 g/mol. The van der Waals surface area contributed by atoms with Crippen LogP contribution in [0.1, 0.15) is 72.4 Å². The van der Waals surface area contributed by atoms with Crippen molar-refractivity contribution >= 4 is 23.2 Å². The van der Waals surface area contributed by atoms with Gasteiger partial charge in [-0.1, -0.05) is 71.3 Å².